The molecule has 1 aromatic carbocycles. The van der Waals surface area contributed by atoms with E-state index in [1.54, 1.807) is 24.3 Å². The lowest BCUT2D eigenvalue weighted by Crippen LogP contribution is -2.38. The Kier molecular flexibility index (Phi) is 4.39. The van der Waals surface area contributed by atoms with Crippen molar-refractivity contribution >= 4 is 23.5 Å². The Hall–Kier alpha value is -3.16. The number of aryl methyl sites for hydroxylation is 1. The lowest BCUT2D eigenvalue weighted by Gasteiger charge is -2.34. The number of nitrogens with zero attached hydrogens (tertiary/aromatic N) is 3. The number of urea groups is 1. The highest BCUT2D eigenvalue weighted by Gasteiger charge is 2.31. The van der Waals surface area contributed by atoms with Crippen molar-refractivity contribution in [3.8, 4) is 0 Å². The number of amides is 4. The Morgan fingerprint density at radius 1 is 1.22 bits per heavy atom. The molecule has 8 nitrogen and oxygen atoms in total. The number of nitrogens with one attached hydrogen (secondary N) is 1. The van der Waals surface area contributed by atoms with Crippen LogP contribution >= 0.6 is 0 Å². The predicted octanol–water partition coefficient (Wildman–Crippen LogP) is 2.41. The summed E-state index contributed by atoms with van der Waals surface area (Å²) >= 11 is 0. The number of aromatic nitrogens is 1. The summed E-state index contributed by atoms with van der Waals surface area (Å²) in [6, 6.07) is 8.08. The SMILES string of the molecule is Cc1cc([C@H]2CCCCN2C(=O)c2ccc(N3CC(=O)NC3=O)cc2)no1. The monoisotopic (exact) mass is 368 g/mol. The second-order valence-corrected chi connectivity index (χ2v) is 6.86. The fourth-order valence-corrected chi connectivity index (χ4v) is 3.62. The number of hydrogen-bond acceptors (Lipinski definition) is 5. The molecule has 2 aliphatic heterocycles. The van der Waals surface area contributed by atoms with Crippen LogP contribution in [-0.2, 0) is 4.79 Å². The van der Waals surface area contributed by atoms with Crippen molar-refractivity contribution in [1.29, 1.82) is 0 Å². The number of hydrogen-bond donors (Lipinski definition) is 1. The average molecular weight is 368 g/mol. The number of anilines is 1. The first-order valence-electron chi connectivity index (χ1n) is 8.98. The molecule has 8 heteroatoms. The van der Waals surface area contributed by atoms with Gasteiger partial charge in [-0.25, -0.2) is 4.79 Å². The first kappa shape index (κ1) is 17.3. The number of carbonyl (C=O) groups excluding carboxylic acids is 3. The Morgan fingerprint density at radius 3 is 2.63 bits per heavy atom. The largest absolute Gasteiger partial charge is 0.361 e. The first-order chi connectivity index (χ1) is 13.0. The van der Waals surface area contributed by atoms with Gasteiger partial charge in [0.25, 0.3) is 5.91 Å². The standard InChI is InChI=1S/C19H20N4O4/c1-12-10-15(21-27-12)16-4-2-3-9-22(16)18(25)13-5-7-14(8-6-13)23-11-17(24)20-19(23)26/h5-8,10,16H,2-4,9,11H2,1H3,(H,20,24,26)/t16-/m1/s1. The maximum Gasteiger partial charge on any atom is 0.329 e. The van der Waals surface area contributed by atoms with E-state index in [0.29, 0.717) is 17.8 Å². The third kappa shape index (κ3) is 3.30. The Balaban J connectivity index is 1.54. The second-order valence-electron chi connectivity index (χ2n) is 6.86. The van der Waals surface area contributed by atoms with Crippen LogP contribution in [0.2, 0.25) is 0 Å². The van der Waals surface area contributed by atoms with Crippen LogP contribution in [0.4, 0.5) is 10.5 Å². The molecule has 0 radical (unpaired) electrons. The van der Waals surface area contributed by atoms with Crippen LogP contribution in [0.3, 0.4) is 0 Å². The molecule has 0 aliphatic carbocycles. The molecule has 4 amide bonds. The van der Waals surface area contributed by atoms with Gasteiger partial charge in [-0.1, -0.05) is 5.16 Å². The van der Waals surface area contributed by atoms with Gasteiger partial charge in [-0.15, -0.1) is 0 Å². The number of carbonyl (C=O) groups is 3. The zero-order valence-electron chi connectivity index (χ0n) is 15.0. The van der Waals surface area contributed by atoms with E-state index in [1.165, 1.54) is 4.90 Å². The van der Waals surface area contributed by atoms with Crippen LogP contribution in [-0.4, -0.2) is 41.0 Å². The summed E-state index contributed by atoms with van der Waals surface area (Å²) in [5.74, 6) is 0.318. The first-order valence-corrected chi connectivity index (χ1v) is 8.98. The molecule has 0 unspecified atom stereocenters. The van der Waals surface area contributed by atoms with E-state index in [9.17, 15) is 14.4 Å². The molecule has 2 saturated heterocycles. The number of benzene rings is 1. The van der Waals surface area contributed by atoms with E-state index in [0.717, 1.165) is 30.7 Å². The second kappa shape index (κ2) is 6.86. The van der Waals surface area contributed by atoms with E-state index in [2.05, 4.69) is 10.5 Å². The highest BCUT2D eigenvalue weighted by Crippen LogP contribution is 2.32. The summed E-state index contributed by atoms with van der Waals surface area (Å²) in [6.45, 7) is 2.50. The molecular formula is C19H20N4O4. The summed E-state index contributed by atoms with van der Waals surface area (Å²) in [5.41, 5.74) is 1.90. The highest BCUT2D eigenvalue weighted by molar-refractivity contribution is 6.12. The quantitative estimate of drug-likeness (QED) is 0.840. The minimum atomic E-state index is -0.448. The minimum Gasteiger partial charge on any atom is -0.361 e. The van der Waals surface area contributed by atoms with Gasteiger partial charge < -0.3 is 9.42 Å². The smallest absolute Gasteiger partial charge is 0.329 e. The molecule has 1 N–H and O–H groups in total. The van der Waals surface area contributed by atoms with Gasteiger partial charge in [0.1, 0.15) is 18.0 Å². The molecule has 0 spiro atoms. The van der Waals surface area contributed by atoms with Crippen LogP contribution in [0, 0.1) is 6.92 Å². The Bertz CT molecular complexity index is 889. The van der Waals surface area contributed by atoms with Gasteiger partial charge in [-0.3, -0.25) is 19.8 Å². The third-order valence-electron chi connectivity index (χ3n) is 4.97. The van der Waals surface area contributed by atoms with Crippen molar-refractivity contribution in [2.75, 3.05) is 18.0 Å². The van der Waals surface area contributed by atoms with E-state index in [1.807, 2.05) is 17.9 Å². The summed E-state index contributed by atoms with van der Waals surface area (Å²) in [7, 11) is 0. The molecule has 0 saturated carbocycles. The van der Waals surface area contributed by atoms with Gasteiger partial charge in [-0.2, -0.15) is 0 Å². The number of imide groups is 1. The maximum atomic E-state index is 13.1. The molecule has 3 heterocycles. The van der Waals surface area contributed by atoms with Crippen LogP contribution in [0.15, 0.2) is 34.9 Å². The number of piperidine rings is 1. The summed E-state index contributed by atoms with van der Waals surface area (Å²) < 4.78 is 5.18. The van der Waals surface area contributed by atoms with Crippen molar-refractivity contribution in [2.45, 2.75) is 32.2 Å². The van der Waals surface area contributed by atoms with Gasteiger partial charge in [0.2, 0.25) is 5.91 Å². The fourth-order valence-electron chi connectivity index (χ4n) is 3.62. The van der Waals surface area contributed by atoms with Gasteiger partial charge in [0.05, 0.1) is 6.04 Å². The topological polar surface area (TPSA) is 95.8 Å². The molecule has 2 aliphatic rings. The van der Waals surface area contributed by atoms with Gasteiger partial charge in [-0.05, 0) is 50.5 Å². The van der Waals surface area contributed by atoms with Crippen LogP contribution < -0.4 is 10.2 Å². The van der Waals surface area contributed by atoms with Crippen molar-refractivity contribution in [3.63, 3.8) is 0 Å². The molecule has 1 atom stereocenters. The maximum absolute atomic E-state index is 13.1. The number of rotatable bonds is 3. The Labute approximate surface area is 156 Å². The molecule has 27 heavy (non-hydrogen) atoms. The van der Waals surface area contributed by atoms with Crippen molar-refractivity contribution < 1.29 is 18.9 Å². The van der Waals surface area contributed by atoms with Gasteiger partial charge >= 0.3 is 6.03 Å². The molecular weight excluding hydrogens is 348 g/mol. The predicted molar refractivity (Wildman–Crippen MR) is 96.2 cm³/mol. The van der Waals surface area contributed by atoms with E-state index < -0.39 is 6.03 Å². The van der Waals surface area contributed by atoms with Gasteiger partial charge in [0.15, 0.2) is 0 Å². The van der Waals surface area contributed by atoms with Crippen LogP contribution in [0.5, 0.6) is 0 Å². The van der Waals surface area contributed by atoms with Crippen molar-refractivity contribution in [1.82, 2.24) is 15.4 Å². The Morgan fingerprint density at radius 2 is 2.00 bits per heavy atom. The highest BCUT2D eigenvalue weighted by atomic mass is 16.5. The van der Waals surface area contributed by atoms with Crippen LogP contribution in [0.25, 0.3) is 0 Å². The zero-order valence-corrected chi connectivity index (χ0v) is 15.0. The molecule has 0 bridgehead atoms. The molecule has 4 rings (SSSR count). The van der Waals surface area contributed by atoms with Crippen molar-refractivity contribution in [3.05, 3.63) is 47.3 Å². The fraction of sp³-hybridized carbons (Fsp3) is 0.368. The summed E-state index contributed by atoms with van der Waals surface area (Å²) in [4.78, 5) is 39.3. The van der Waals surface area contributed by atoms with E-state index >= 15 is 0 Å². The molecule has 2 fully saturated rings. The van der Waals surface area contributed by atoms with Crippen molar-refractivity contribution in [2.24, 2.45) is 0 Å². The molecule has 140 valence electrons. The average Bonchev–Trinajstić information content (AvgIpc) is 3.26. The van der Waals surface area contributed by atoms with Crippen LogP contribution in [0.1, 0.15) is 47.1 Å². The normalized spacial score (nSPS) is 20.1. The summed E-state index contributed by atoms with van der Waals surface area (Å²) in [5, 5.41) is 6.33. The lowest BCUT2D eigenvalue weighted by molar-refractivity contribution is -0.117. The van der Waals surface area contributed by atoms with E-state index in [4.69, 9.17) is 4.52 Å². The van der Waals surface area contributed by atoms with Gasteiger partial charge in [0, 0.05) is 23.9 Å². The molecule has 1 aromatic heterocycles. The minimum absolute atomic E-state index is 0.00810. The lowest BCUT2D eigenvalue weighted by atomic mass is 9.98. The molecule has 2 aromatic rings. The summed E-state index contributed by atoms with van der Waals surface area (Å²) in [6.07, 6.45) is 2.84. The van der Waals surface area contributed by atoms with E-state index in [-0.39, 0.29) is 24.4 Å². The number of likely N-dealkylation sites (tertiary alicyclic amines) is 1. The third-order valence-corrected chi connectivity index (χ3v) is 4.97. The zero-order chi connectivity index (χ0) is 19.0.